The number of aromatic amines is 1. The normalized spacial score (nSPS) is 10.3. The van der Waals surface area contributed by atoms with Crippen LogP contribution in [0.3, 0.4) is 0 Å². The third kappa shape index (κ3) is 4.43. The molecule has 0 atom stereocenters. The maximum Gasteiger partial charge on any atom is 0.245 e. The van der Waals surface area contributed by atoms with Gasteiger partial charge in [0.15, 0.2) is 12.0 Å². The van der Waals surface area contributed by atoms with E-state index in [1.54, 1.807) is 31.2 Å². The van der Waals surface area contributed by atoms with E-state index in [2.05, 4.69) is 20.5 Å². The zero-order chi connectivity index (χ0) is 19.4. The molecule has 136 valence electrons. The lowest BCUT2D eigenvalue weighted by Gasteiger charge is -2.16. The summed E-state index contributed by atoms with van der Waals surface area (Å²) in [4.78, 5) is 18.1. The Morgan fingerprint density at radius 2 is 2.11 bits per heavy atom. The van der Waals surface area contributed by atoms with E-state index in [4.69, 9.17) is 11.6 Å². The zero-order valence-electron chi connectivity index (χ0n) is 14.8. The second-order valence-electron chi connectivity index (χ2n) is 6.01. The SMILES string of the molecule is Cc1ccc(-c2n[nH]c(C)n2)c(NC(=O)CN(C#N)c2cccc(Cl)c2)c1. The second-order valence-corrected chi connectivity index (χ2v) is 6.44. The van der Waals surface area contributed by atoms with Crippen LogP contribution in [0.25, 0.3) is 11.4 Å². The average molecular weight is 381 g/mol. The molecule has 0 unspecified atom stereocenters. The molecule has 7 nitrogen and oxygen atoms in total. The number of hydrogen-bond acceptors (Lipinski definition) is 5. The molecule has 2 N–H and O–H groups in total. The number of anilines is 2. The molecule has 0 aliphatic carbocycles. The van der Waals surface area contributed by atoms with Gasteiger partial charge in [-0.05, 0) is 49.7 Å². The summed E-state index contributed by atoms with van der Waals surface area (Å²) >= 11 is 5.97. The van der Waals surface area contributed by atoms with Crippen molar-refractivity contribution in [3.63, 3.8) is 0 Å². The number of benzene rings is 2. The maximum absolute atomic E-state index is 12.6. The lowest BCUT2D eigenvalue weighted by molar-refractivity contribution is -0.114. The fourth-order valence-corrected chi connectivity index (χ4v) is 2.77. The molecule has 3 aromatic rings. The fourth-order valence-electron chi connectivity index (χ4n) is 2.58. The number of carbonyl (C=O) groups is 1. The van der Waals surface area contributed by atoms with Gasteiger partial charge in [0.1, 0.15) is 12.4 Å². The van der Waals surface area contributed by atoms with E-state index in [1.165, 1.54) is 4.90 Å². The Balaban J connectivity index is 1.81. The lowest BCUT2D eigenvalue weighted by atomic mass is 10.1. The standard InChI is InChI=1S/C19H17ClN6O/c1-12-6-7-16(19-22-13(2)24-25-19)17(8-12)23-18(27)10-26(11-21)15-5-3-4-14(20)9-15/h3-9H,10H2,1-2H3,(H,23,27)(H,22,24,25). The topological polar surface area (TPSA) is 97.7 Å². The minimum atomic E-state index is -0.337. The Morgan fingerprint density at radius 1 is 1.30 bits per heavy atom. The summed E-state index contributed by atoms with van der Waals surface area (Å²) in [5, 5.41) is 19.7. The Bertz CT molecular complexity index is 1020. The first kappa shape index (κ1) is 18.4. The van der Waals surface area contributed by atoms with E-state index >= 15 is 0 Å². The third-order valence-corrected chi connectivity index (χ3v) is 4.06. The number of rotatable bonds is 5. The summed E-state index contributed by atoms with van der Waals surface area (Å²) in [6.07, 6.45) is 2.01. The van der Waals surface area contributed by atoms with Gasteiger partial charge in [0.25, 0.3) is 0 Å². The van der Waals surface area contributed by atoms with E-state index in [0.29, 0.717) is 33.6 Å². The minimum absolute atomic E-state index is 0.142. The first-order valence-electron chi connectivity index (χ1n) is 8.19. The highest BCUT2D eigenvalue weighted by Gasteiger charge is 2.16. The molecule has 8 heteroatoms. The van der Waals surface area contributed by atoms with Crippen LogP contribution >= 0.6 is 11.6 Å². The lowest BCUT2D eigenvalue weighted by Crippen LogP contribution is -2.29. The summed E-state index contributed by atoms with van der Waals surface area (Å²) in [5.74, 6) is 0.838. The summed E-state index contributed by atoms with van der Waals surface area (Å²) in [7, 11) is 0. The number of amides is 1. The number of halogens is 1. The van der Waals surface area contributed by atoms with Crippen molar-refractivity contribution in [1.29, 1.82) is 5.26 Å². The molecule has 0 spiro atoms. The van der Waals surface area contributed by atoms with Gasteiger partial charge >= 0.3 is 0 Å². The number of nitrogens with one attached hydrogen (secondary N) is 2. The van der Waals surface area contributed by atoms with Crippen molar-refractivity contribution >= 4 is 28.9 Å². The van der Waals surface area contributed by atoms with E-state index < -0.39 is 0 Å². The zero-order valence-corrected chi connectivity index (χ0v) is 15.6. The van der Waals surface area contributed by atoms with Gasteiger partial charge in [-0.25, -0.2) is 4.98 Å². The number of aryl methyl sites for hydroxylation is 2. The molecule has 0 radical (unpaired) electrons. The highest BCUT2D eigenvalue weighted by atomic mass is 35.5. The van der Waals surface area contributed by atoms with Gasteiger partial charge < -0.3 is 5.32 Å². The molecule has 1 heterocycles. The van der Waals surface area contributed by atoms with Crippen LogP contribution in [0.5, 0.6) is 0 Å². The largest absolute Gasteiger partial charge is 0.324 e. The molecule has 0 bridgehead atoms. The molecule has 0 aliphatic rings. The maximum atomic E-state index is 12.6. The van der Waals surface area contributed by atoms with Gasteiger partial charge in [-0.15, -0.1) is 0 Å². The fraction of sp³-hybridized carbons (Fsp3) is 0.158. The van der Waals surface area contributed by atoms with Gasteiger partial charge in [0.05, 0.1) is 11.4 Å². The van der Waals surface area contributed by atoms with Crippen molar-refractivity contribution in [2.24, 2.45) is 0 Å². The summed E-state index contributed by atoms with van der Waals surface area (Å²) < 4.78 is 0. The molecule has 1 aromatic heterocycles. The van der Waals surface area contributed by atoms with E-state index in [1.807, 2.05) is 31.3 Å². The van der Waals surface area contributed by atoms with Crippen molar-refractivity contribution in [1.82, 2.24) is 15.2 Å². The smallest absolute Gasteiger partial charge is 0.245 e. The Kier molecular flexibility index (Phi) is 5.38. The number of aromatic nitrogens is 3. The van der Waals surface area contributed by atoms with E-state index in [0.717, 1.165) is 5.56 Å². The first-order valence-corrected chi connectivity index (χ1v) is 8.57. The van der Waals surface area contributed by atoms with Gasteiger partial charge in [0.2, 0.25) is 5.91 Å². The quantitative estimate of drug-likeness (QED) is 0.520. The van der Waals surface area contributed by atoms with Crippen LogP contribution in [0.4, 0.5) is 11.4 Å². The first-order chi connectivity index (χ1) is 13.0. The summed E-state index contributed by atoms with van der Waals surface area (Å²) in [6, 6.07) is 12.4. The molecule has 0 aliphatic heterocycles. The second kappa shape index (κ2) is 7.89. The van der Waals surface area contributed by atoms with Gasteiger partial charge in [-0.2, -0.15) is 10.4 Å². The molecule has 27 heavy (non-hydrogen) atoms. The number of nitrogens with zero attached hydrogens (tertiary/aromatic N) is 4. The highest BCUT2D eigenvalue weighted by molar-refractivity contribution is 6.30. The van der Waals surface area contributed by atoms with Crippen molar-refractivity contribution in [2.75, 3.05) is 16.8 Å². The monoisotopic (exact) mass is 380 g/mol. The van der Waals surface area contributed by atoms with Crippen LogP contribution in [0.2, 0.25) is 5.02 Å². The molecular weight excluding hydrogens is 364 g/mol. The summed E-state index contributed by atoms with van der Waals surface area (Å²) in [6.45, 7) is 3.59. The summed E-state index contributed by atoms with van der Waals surface area (Å²) in [5.41, 5.74) is 2.81. The molecule has 0 saturated carbocycles. The van der Waals surface area contributed by atoms with E-state index in [-0.39, 0.29) is 12.5 Å². The number of carbonyl (C=O) groups excluding carboxylic acids is 1. The minimum Gasteiger partial charge on any atom is -0.324 e. The van der Waals surface area contributed by atoms with Crippen LogP contribution in [0.1, 0.15) is 11.4 Å². The molecule has 0 saturated heterocycles. The molecule has 0 fully saturated rings. The Hall–Kier alpha value is -3.37. The number of nitriles is 1. The van der Waals surface area contributed by atoms with Crippen LogP contribution < -0.4 is 10.2 Å². The predicted octanol–water partition coefficient (Wildman–Crippen LogP) is 3.67. The van der Waals surface area contributed by atoms with Gasteiger partial charge in [0, 0.05) is 10.6 Å². The van der Waals surface area contributed by atoms with Crippen molar-refractivity contribution < 1.29 is 4.79 Å². The van der Waals surface area contributed by atoms with Crippen molar-refractivity contribution in [2.45, 2.75) is 13.8 Å². The van der Waals surface area contributed by atoms with Crippen LogP contribution in [0, 0.1) is 25.3 Å². The van der Waals surface area contributed by atoms with Gasteiger partial charge in [-0.1, -0.05) is 23.7 Å². The van der Waals surface area contributed by atoms with E-state index in [9.17, 15) is 10.1 Å². The van der Waals surface area contributed by atoms with Crippen molar-refractivity contribution in [3.8, 4) is 17.6 Å². The van der Waals surface area contributed by atoms with Crippen molar-refractivity contribution in [3.05, 3.63) is 58.9 Å². The van der Waals surface area contributed by atoms with Gasteiger partial charge in [-0.3, -0.25) is 14.8 Å². The van der Waals surface area contributed by atoms with Crippen LogP contribution in [-0.2, 0) is 4.79 Å². The van der Waals surface area contributed by atoms with Crippen LogP contribution in [0.15, 0.2) is 42.5 Å². The predicted molar refractivity (Wildman–Crippen MR) is 104 cm³/mol. The third-order valence-electron chi connectivity index (χ3n) is 3.83. The molecule has 1 amide bonds. The molecular formula is C19H17ClN6O. The molecule has 2 aromatic carbocycles. The molecule has 3 rings (SSSR count). The number of hydrogen-bond donors (Lipinski definition) is 2. The Labute approximate surface area is 161 Å². The average Bonchev–Trinajstić information content (AvgIpc) is 3.06. The highest BCUT2D eigenvalue weighted by Crippen LogP contribution is 2.26. The Morgan fingerprint density at radius 3 is 2.78 bits per heavy atom. The van der Waals surface area contributed by atoms with Crippen LogP contribution in [-0.4, -0.2) is 27.6 Å². The number of H-pyrrole nitrogens is 1.